The molecular formula is C19H25NO. The third-order valence-corrected chi connectivity index (χ3v) is 4.58. The quantitative estimate of drug-likeness (QED) is 0.891. The smallest absolute Gasteiger partial charge is 0.116 e. The lowest BCUT2D eigenvalue weighted by Crippen LogP contribution is -2.41. The summed E-state index contributed by atoms with van der Waals surface area (Å²) >= 11 is 0. The Balaban J connectivity index is 1.98. The van der Waals surface area contributed by atoms with Gasteiger partial charge in [-0.15, -0.1) is 0 Å². The van der Waals surface area contributed by atoms with E-state index in [2.05, 4.69) is 36.9 Å². The average Bonchev–Trinajstić information content (AvgIpc) is 2.46. The topological polar surface area (TPSA) is 23.5 Å². The Morgan fingerprint density at radius 2 is 1.76 bits per heavy atom. The Labute approximate surface area is 127 Å². The van der Waals surface area contributed by atoms with Crippen molar-refractivity contribution in [3.63, 3.8) is 0 Å². The molecule has 0 saturated heterocycles. The molecule has 0 bridgehead atoms. The van der Waals surface area contributed by atoms with E-state index >= 15 is 0 Å². The van der Waals surface area contributed by atoms with E-state index in [-0.39, 0.29) is 0 Å². The molecule has 1 unspecified atom stereocenters. The maximum absolute atomic E-state index is 9.98. The second-order valence-electron chi connectivity index (χ2n) is 6.22. The number of phenols is 1. The zero-order valence-electron chi connectivity index (χ0n) is 13.1. The van der Waals surface area contributed by atoms with Crippen LogP contribution in [-0.2, 0) is 12.8 Å². The summed E-state index contributed by atoms with van der Waals surface area (Å²) in [6.45, 7) is 6.85. The Kier molecular flexibility index (Phi) is 4.16. The minimum absolute atomic E-state index is 0.396. The molecule has 0 aromatic heterocycles. The van der Waals surface area contributed by atoms with Crippen LogP contribution in [0.1, 0.15) is 37.8 Å². The van der Waals surface area contributed by atoms with Gasteiger partial charge in [-0.1, -0.05) is 32.0 Å². The van der Waals surface area contributed by atoms with Crippen LogP contribution in [0.5, 0.6) is 5.75 Å². The fourth-order valence-electron chi connectivity index (χ4n) is 3.80. The molecule has 0 amide bonds. The third kappa shape index (κ3) is 2.77. The summed E-state index contributed by atoms with van der Waals surface area (Å²) in [5, 5.41) is 12.5. The van der Waals surface area contributed by atoms with Gasteiger partial charge in [0.2, 0.25) is 0 Å². The van der Waals surface area contributed by atoms with Crippen LogP contribution in [-0.4, -0.2) is 29.1 Å². The lowest BCUT2D eigenvalue weighted by atomic mass is 9.84. The van der Waals surface area contributed by atoms with Gasteiger partial charge in [0.25, 0.3) is 0 Å². The average molecular weight is 283 g/mol. The monoisotopic (exact) mass is 283 g/mol. The lowest BCUT2D eigenvalue weighted by molar-refractivity contribution is 0.191. The standard InChI is InChI=1S/C19H25NO/c1-3-8-20(9-4-2)17-10-14-6-5-7-15-12-18(21)13-16(11-17)19(14)15/h5-7,12-13,17,21H,3-4,8-11H2,1-2H3. The molecule has 0 fully saturated rings. The Hall–Kier alpha value is -1.54. The summed E-state index contributed by atoms with van der Waals surface area (Å²) in [4.78, 5) is 2.63. The van der Waals surface area contributed by atoms with Crippen LogP contribution in [0.3, 0.4) is 0 Å². The predicted molar refractivity (Wildman–Crippen MR) is 89.0 cm³/mol. The molecule has 21 heavy (non-hydrogen) atoms. The van der Waals surface area contributed by atoms with Crippen molar-refractivity contribution in [1.29, 1.82) is 0 Å². The highest BCUT2D eigenvalue weighted by Gasteiger charge is 2.25. The van der Waals surface area contributed by atoms with E-state index in [4.69, 9.17) is 0 Å². The maximum Gasteiger partial charge on any atom is 0.116 e. The van der Waals surface area contributed by atoms with Gasteiger partial charge in [0.1, 0.15) is 5.75 Å². The van der Waals surface area contributed by atoms with Gasteiger partial charge < -0.3 is 5.11 Å². The zero-order valence-corrected chi connectivity index (χ0v) is 13.1. The summed E-state index contributed by atoms with van der Waals surface area (Å²) in [5.74, 6) is 0.396. The summed E-state index contributed by atoms with van der Waals surface area (Å²) < 4.78 is 0. The number of rotatable bonds is 5. The molecule has 0 saturated carbocycles. The van der Waals surface area contributed by atoms with Crippen molar-refractivity contribution in [2.24, 2.45) is 0 Å². The highest BCUT2D eigenvalue weighted by Crippen LogP contribution is 2.34. The molecule has 2 heteroatoms. The molecule has 3 rings (SSSR count). The van der Waals surface area contributed by atoms with Crippen LogP contribution in [0.2, 0.25) is 0 Å². The highest BCUT2D eigenvalue weighted by molar-refractivity contribution is 5.91. The fourth-order valence-corrected chi connectivity index (χ4v) is 3.80. The first kappa shape index (κ1) is 14.4. The van der Waals surface area contributed by atoms with E-state index in [0.717, 1.165) is 12.8 Å². The summed E-state index contributed by atoms with van der Waals surface area (Å²) in [7, 11) is 0. The van der Waals surface area contributed by atoms with Gasteiger partial charge in [-0.05, 0) is 72.8 Å². The van der Waals surface area contributed by atoms with Crippen LogP contribution in [0.4, 0.5) is 0 Å². The molecule has 0 aliphatic heterocycles. The molecule has 0 radical (unpaired) electrons. The van der Waals surface area contributed by atoms with Gasteiger partial charge in [-0.2, -0.15) is 0 Å². The minimum atomic E-state index is 0.396. The van der Waals surface area contributed by atoms with Crippen LogP contribution in [0.25, 0.3) is 10.8 Å². The van der Waals surface area contributed by atoms with Crippen molar-refractivity contribution in [3.8, 4) is 5.75 Å². The summed E-state index contributed by atoms with van der Waals surface area (Å²) in [6.07, 6.45) is 4.60. The summed E-state index contributed by atoms with van der Waals surface area (Å²) in [6, 6.07) is 10.9. The molecule has 0 heterocycles. The Bertz CT molecular complexity index is 629. The van der Waals surface area contributed by atoms with Crippen molar-refractivity contribution < 1.29 is 5.11 Å². The minimum Gasteiger partial charge on any atom is -0.508 e. The van der Waals surface area contributed by atoms with Crippen molar-refractivity contribution in [2.75, 3.05) is 13.1 Å². The second-order valence-corrected chi connectivity index (χ2v) is 6.22. The van der Waals surface area contributed by atoms with Crippen molar-refractivity contribution in [3.05, 3.63) is 41.5 Å². The number of benzene rings is 2. The van der Waals surface area contributed by atoms with E-state index in [9.17, 15) is 5.11 Å². The first-order valence-electron chi connectivity index (χ1n) is 8.20. The van der Waals surface area contributed by atoms with Crippen LogP contribution >= 0.6 is 0 Å². The van der Waals surface area contributed by atoms with Crippen LogP contribution in [0, 0.1) is 0 Å². The predicted octanol–water partition coefficient (Wildman–Crippen LogP) is 4.13. The molecule has 1 atom stereocenters. The largest absolute Gasteiger partial charge is 0.508 e. The number of hydrogen-bond acceptors (Lipinski definition) is 2. The van der Waals surface area contributed by atoms with Gasteiger partial charge in [0.15, 0.2) is 0 Å². The van der Waals surface area contributed by atoms with Gasteiger partial charge >= 0.3 is 0 Å². The normalized spacial score (nSPS) is 17.6. The number of hydrogen-bond donors (Lipinski definition) is 1. The van der Waals surface area contributed by atoms with Crippen molar-refractivity contribution in [2.45, 2.75) is 45.6 Å². The number of phenolic OH excluding ortho intramolecular Hbond substituents is 1. The maximum atomic E-state index is 9.98. The van der Waals surface area contributed by atoms with Gasteiger partial charge in [-0.25, -0.2) is 0 Å². The van der Waals surface area contributed by atoms with Crippen LogP contribution < -0.4 is 0 Å². The van der Waals surface area contributed by atoms with E-state index in [1.54, 1.807) is 0 Å². The molecule has 2 nitrogen and oxygen atoms in total. The number of nitrogens with zero attached hydrogens (tertiary/aromatic N) is 1. The third-order valence-electron chi connectivity index (χ3n) is 4.58. The first-order chi connectivity index (χ1) is 10.2. The molecule has 112 valence electrons. The van der Waals surface area contributed by atoms with Crippen LogP contribution in [0.15, 0.2) is 30.3 Å². The Morgan fingerprint density at radius 1 is 1.05 bits per heavy atom. The molecule has 1 N–H and O–H groups in total. The molecule has 1 aliphatic rings. The van der Waals surface area contributed by atoms with E-state index in [0.29, 0.717) is 11.8 Å². The fraction of sp³-hybridized carbons (Fsp3) is 0.474. The molecule has 0 spiro atoms. The van der Waals surface area contributed by atoms with Gasteiger partial charge in [-0.3, -0.25) is 4.90 Å². The molecule has 2 aromatic rings. The molecule has 2 aromatic carbocycles. The van der Waals surface area contributed by atoms with Crippen molar-refractivity contribution >= 4 is 10.8 Å². The Morgan fingerprint density at radius 3 is 2.48 bits per heavy atom. The zero-order chi connectivity index (χ0) is 14.8. The van der Waals surface area contributed by atoms with E-state index < -0.39 is 0 Å². The molecular weight excluding hydrogens is 258 g/mol. The SMILES string of the molecule is CCCN(CCC)C1Cc2cccc3cc(O)cc(c23)C1. The first-order valence-corrected chi connectivity index (χ1v) is 8.20. The van der Waals surface area contributed by atoms with Gasteiger partial charge in [0.05, 0.1) is 0 Å². The highest BCUT2D eigenvalue weighted by atomic mass is 16.3. The summed E-state index contributed by atoms with van der Waals surface area (Å²) in [5.41, 5.74) is 2.75. The van der Waals surface area contributed by atoms with E-state index in [1.807, 2.05) is 12.1 Å². The molecule has 1 aliphatic carbocycles. The van der Waals surface area contributed by atoms with Gasteiger partial charge in [0, 0.05) is 6.04 Å². The second kappa shape index (κ2) is 6.07. The van der Waals surface area contributed by atoms with E-state index in [1.165, 1.54) is 47.8 Å². The van der Waals surface area contributed by atoms with Crippen molar-refractivity contribution in [1.82, 2.24) is 4.90 Å². The lowest BCUT2D eigenvalue weighted by Gasteiger charge is -2.35. The number of aromatic hydroxyl groups is 1.